The van der Waals surface area contributed by atoms with Gasteiger partial charge in [-0.3, -0.25) is 19.1 Å². The first-order chi connectivity index (χ1) is 15.6. The SMILES string of the molecule is Cl.Cl.Cl.Cn1c(=O)n(C)c2cc(OCCCNCc3cccnc3CCc3cccnc3)ccc21. The molecule has 190 valence electrons. The summed E-state index contributed by atoms with van der Waals surface area (Å²) in [6.45, 7) is 2.25. The molecule has 3 heterocycles. The smallest absolute Gasteiger partial charge is 0.328 e. The van der Waals surface area contributed by atoms with Crippen LogP contribution in [0.15, 0.2) is 65.8 Å². The van der Waals surface area contributed by atoms with Crippen molar-refractivity contribution in [2.75, 3.05) is 13.2 Å². The van der Waals surface area contributed by atoms with Crippen LogP contribution in [0.4, 0.5) is 0 Å². The van der Waals surface area contributed by atoms with Crippen molar-refractivity contribution in [1.29, 1.82) is 0 Å². The molecule has 0 amide bonds. The highest BCUT2D eigenvalue weighted by molar-refractivity contribution is 5.86. The van der Waals surface area contributed by atoms with E-state index in [2.05, 4.69) is 27.4 Å². The van der Waals surface area contributed by atoms with Crippen LogP contribution in [-0.4, -0.2) is 32.3 Å². The maximum absolute atomic E-state index is 12.1. The van der Waals surface area contributed by atoms with Gasteiger partial charge in [-0.2, -0.15) is 0 Å². The number of halogens is 3. The number of nitrogens with zero attached hydrogens (tertiary/aromatic N) is 4. The van der Waals surface area contributed by atoms with Crippen LogP contribution < -0.4 is 15.7 Å². The van der Waals surface area contributed by atoms with Crippen molar-refractivity contribution in [1.82, 2.24) is 24.4 Å². The first-order valence-electron chi connectivity index (χ1n) is 10.9. The molecule has 4 aromatic rings. The Labute approximate surface area is 224 Å². The van der Waals surface area contributed by atoms with Gasteiger partial charge in [-0.05, 0) is 61.2 Å². The van der Waals surface area contributed by atoms with Crippen molar-refractivity contribution in [3.8, 4) is 5.75 Å². The van der Waals surface area contributed by atoms with E-state index in [1.807, 2.05) is 42.7 Å². The topological polar surface area (TPSA) is 74.0 Å². The molecule has 0 atom stereocenters. The van der Waals surface area contributed by atoms with E-state index in [-0.39, 0.29) is 42.9 Å². The third-order valence-corrected chi connectivity index (χ3v) is 5.68. The molecule has 0 aliphatic heterocycles. The highest BCUT2D eigenvalue weighted by atomic mass is 35.5. The quantitative estimate of drug-likeness (QED) is 0.304. The van der Waals surface area contributed by atoms with E-state index in [1.165, 1.54) is 11.1 Å². The van der Waals surface area contributed by atoms with E-state index in [0.29, 0.717) is 6.61 Å². The Balaban J connectivity index is 0.00000204. The van der Waals surface area contributed by atoms with Gasteiger partial charge in [0.05, 0.1) is 17.6 Å². The van der Waals surface area contributed by atoms with Crippen LogP contribution in [0.1, 0.15) is 23.2 Å². The van der Waals surface area contributed by atoms with Crippen LogP contribution in [0.3, 0.4) is 0 Å². The number of nitrogens with one attached hydrogen (secondary N) is 1. The van der Waals surface area contributed by atoms with Gasteiger partial charge in [0.1, 0.15) is 5.75 Å². The molecule has 3 aromatic heterocycles. The van der Waals surface area contributed by atoms with Gasteiger partial charge in [0, 0.05) is 51.0 Å². The second-order valence-electron chi connectivity index (χ2n) is 7.90. The Morgan fingerprint density at radius 2 is 1.71 bits per heavy atom. The first-order valence-corrected chi connectivity index (χ1v) is 10.9. The van der Waals surface area contributed by atoms with Gasteiger partial charge in [-0.1, -0.05) is 12.1 Å². The summed E-state index contributed by atoms with van der Waals surface area (Å²) in [4.78, 5) is 20.8. The molecule has 0 saturated heterocycles. The number of benzene rings is 1. The summed E-state index contributed by atoms with van der Waals surface area (Å²) in [7, 11) is 3.56. The lowest BCUT2D eigenvalue weighted by Crippen LogP contribution is -2.19. The third-order valence-electron chi connectivity index (χ3n) is 5.68. The Morgan fingerprint density at radius 1 is 0.943 bits per heavy atom. The summed E-state index contributed by atoms with van der Waals surface area (Å²) < 4.78 is 9.19. The molecule has 4 rings (SSSR count). The van der Waals surface area contributed by atoms with Crippen LogP contribution in [0.25, 0.3) is 11.0 Å². The molecule has 0 spiro atoms. The monoisotopic (exact) mass is 539 g/mol. The van der Waals surface area contributed by atoms with Gasteiger partial charge in [-0.15, -0.1) is 37.2 Å². The maximum Gasteiger partial charge on any atom is 0.328 e. The van der Waals surface area contributed by atoms with Crippen molar-refractivity contribution >= 4 is 48.3 Å². The van der Waals surface area contributed by atoms with Crippen LogP contribution in [0.2, 0.25) is 0 Å². The number of ether oxygens (including phenoxy) is 1. The number of pyridine rings is 2. The molecule has 1 N–H and O–H groups in total. The zero-order valence-electron chi connectivity index (χ0n) is 19.8. The minimum absolute atomic E-state index is 0. The van der Waals surface area contributed by atoms with Gasteiger partial charge < -0.3 is 10.1 Å². The van der Waals surface area contributed by atoms with Crippen molar-refractivity contribution in [3.05, 3.63) is 88.4 Å². The number of hydrogen-bond donors (Lipinski definition) is 1. The first kappa shape index (κ1) is 30.5. The van der Waals surface area contributed by atoms with E-state index >= 15 is 0 Å². The van der Waals surface area contributed by atoms with E-state index in [9.17, 15) is 4.79 Å². The Hall–Kier alpha value is -2.58. The predicted octanol–water partition coefficient (Wildman–Crippen LogP) is 4.28. The molecule has 0 unspecified atom stereocenters. The van der Waals surface area contributed by atoms with Crippen LogP contribution in [0, 0.1) is 0 Å². The molecular formula is C25H32Cl3N5O2. The molecule has 10 heteroatoms. The third kappa shape index (κ3) is 7.70. The minimum atomic E-state index is -0.0310. The number of aromatic nitrogens is 4. The average Bonchev–Trinajstić information content (AvgIpc) is 3.05. The summed E-state index contributed by atoms with van der Waals surface area (Å²) in [5, 5.41) is 3.49. The van der Waals surface area contributed by atoms with Crippen molar-refractivity contribution in [2.45, 2.75) is 25.8 Å². The van der Waals surface area contributed by atoms with Crippen molar-refractivity contribution in [2.24, 2.45) is 14.1 Å². The van der Waals surface area contributed by atoms with Gasteiger partial charge in [0.2, 0.25) is 0 Å². The summed E-state index contributed by atoms with van der Waals surface area (Å²) in [5.74, 6) is 0.781. The van der Waals surface area contributed by atoms with Crippen molar-refractivity contribution in [3.63, 3.8) is 0 Å². The summed E-state index contributed by atoms with van der Waals surface area (Å²) in [6.07, 6.45) is 8.29. The number of rotatable bonds is 10. The Kier molecular flexibility index (Phi) is 12.8. The number of imidazole rings is 1. The van der Waals surface area contributed by atoms with Gasteiger partial charge in [0.15, 0.2) is 0 Å². The molecular weight excluding hydrogens is 509 g/mol. The number of fused-ring (bicyclic) bond motifs is 1. The van der Waals surface area contributed by atoms with Gasteiger partial charge in [0.25, 0.3) is 0 Å². The van der Waals surface area contributed by atoms with Crippen LogP contribution in [0.5, 0.6) is 5.75 Å². The number of aryl methyl sites for hydroxylation is 4. The molecule has 0 fully saturated rings. The maximum atomic E-state index is 12.1. The summed E-state index contributed by atoms with van der Waals surface area (Å²) >= 11 is 0. The fraction of sp³-hybridized carbons (Fsp3) is 0.320. The zero-order chi connectivity index (χ0) is 22.3. The molecule has 0 bridgehead atoms. The largest absolute Gasteiger partial charge is 0.493 e. The molecule has 1 aromatic carbocycles. The zero-order valence-corrected chi connectivity index (χ0v) is 22.3. The second kappa shape index (κ2) is 14.7. The van der Waals surface area contributed by atoms with E-state index in [0.717, 1.165) is 54.8 Å². The molecule has 7 nitrogen and oxygen atoms in total. The van der Waals surface area contributed by atoms with Crippen LogP contribution in [-0.2, 0) is 33.5 Å². The summed E-state index contributed by atoms with van der Waals surface area (Å²) in [6, 6.07) is 14.0. The van der Waals surface area contributed by atoms with Crippen molar-refractivity contribution < 1.29 is 4.74 Å². The van der Waals surface area contributed by atoms with Crippen LogP contribution >= 0.6 is 37.2 Å². The lowest BCUT2D eigenvalue weighted by atomic mass is 10.1. The van der Waals surface area contributed by atoms with E-state index in [1.54, 1.807) is 29.4 Å². The molecule has 0 saturated carbocycles. The standard InChI is InChI=1S/C25H29N5O2.3ClH/c1-29-23-11-9-21(16-24(23)30(2)25(29)31)32-15-5-13-27-18-20-7-4-14-28-22(20)10-8-19-6-3-12-26-17-19;;;/h3-4,6-7,9,11-12,14,16-17,27H,5,8,10,13,15,18H2,1-2H3;3*1H. The molecule has 0 radical (unpaired) electrons. The minimum Gasteiger partial charge on any atom is -0.493 e. The lowest BCUT2D eigenvalue weighted by molar-refractivity contribution is 0.308. The molecule has 0 aliphatic rings. The van der Waals surface area contributed by atoms with E-state index < -0.39 is 0 Å². The number of hydrogen-bond acceptors (Lipinski definition) is 5. The van der Waals surface area contributed by atoms with Gasteiger partial charge >= 0.3 is 5.69 Å². The fourth-order valence-corrected chi connectivity index (χ4v) is 3.85. The summed E-state index contributed by atoms with van der Waals surface area (Å²) in [5.41, 5.74) is 5.33. The highest BCUT2D eigenvalue weighted by Crippen LogP contribution is 2.19. The molecule has 0 aliphatic carbocycles. The lowest BCUT2D eigenvalue weighted by Gasteiger charge is -2.11. The second-order valence-corrected chi connectivity index (χ2v) is 7.90. The Morgan fingerprint density at radius 3 is 2.49 bits per heavy atom. The average molecular weight is 541 g/mol. The normalized spacial score (nSPS) is 10.2. The molecule has 35 heavy (non-hydrogen) atoms. The highest BCUT2D eigenvalue weighted by Gasteiger charge is 2.08. The Bertz CT molecular complexity index is 1250. The van der Waals surface area contributed by atoms with Gasteiger partial charge in [-0.25, -0.2) is 4.79 Å². The predicted molar refractivity (Wildman–Crippen MR) is 148 cm³/mol. The van der Waals surface area contributed by atoms with E-state index in [4.69, 9.17) is 4.74 Å². The fourth-order valence-electron chi connectivity index (χ4n) is 3.85.